The Labute approximate surface area is 171 Å². The average molecular weight is 383 g/mol. The first kappa shape index (κ1) is 22.4. The second kappa shape index (κ2) is 15.1. The molecule has 3 nitrogen and oxygen atoms in total. The molecule has 0 N–H and O–H groups in total. The van der Waals surface area contributed by atoms with Crippen molar-refractivity contribution in [3.8, 4) is 0 Å². The van der Waals surface area contributed by atoms with Crippen LogP contribution in [0.3, 0.4) is 0 Å². The quantitative estimate of drug-likeness (QED) is 0.295. The van der Waals surface area contributed by atoms with Crippen molar-refractivity contribution < 1.29 is 4.74 Å². The van der Waals surface area contributed by atoms with Gasteiger partial charge in [0.25, 0.3) is 0 Å². The molecule has 0 saturated heterocycles. The van der Waals surface area contributed by atoms with Gasteiger partial charge in [-0.1, -0.05) is 107 Å². The fourth-order valence-electron chi connectivity index (χ4n) is 3.38. The van der Waals surface area contributed by atoms with Crippen molar-refractivity contribution in [3.63, 3.8) is 0 Å². The van der Waals surface area contributed by atoms with Crippen LogP contribution in [-0.4, -0.2) is 22.3 Å². The van der Waals surface area contributed by atoms with E-state index in [0.717, 1.165) is 19.6 Å². The highest BCUT2D eigenvalue weighted by Crippen LogP contribution is 2.11. The van der Waals surface area contributed by atoms with E-state index in [1.807, 2.05) is 24.8 Å². The largest absolute Gasteiger partial charge is 0.372 e. The van der Waals surface area contributed by atoms with Crippen molar-refractivity contribution in [3.05, 3.63) is 60.7 Å². The van der Waals surface area contributed by atoms with E-state index in [4.69, 9.17) is 4.74 Å². The van der Waals surface area contributed by atoms with Gasteiger partial charge in [0.2, 0.25) is 0 Å². The van der Waals surface area contributed by atoms with Gasteiger partial charge in [0, 0.05) is 19.0 Å². The van der Waals surface area contributed by atoms with Crippen LogP contribution >= 0.6 is 0 Å². The van der Waals surface area contributed by atoms with Crippen LogP contribution in [0, 0.1) is 0 Å². The van der Waals surface area contributed by atoms with E-state index in [2.05, 4.69) is 52.9 Å². The molecule has 2 aromatic rings. The number of rotatable bonds is 16. The van der Waals surface area contributed by atoms with E-state index >= 15 is 0 Å². The Morgan fingerprint density at radius 3 is 2.25 bits per heavy atom. The van der Waals surface area contributed by atoms with Gasteiger partial charge in [-0.25, -0.2) is 4.98 Å². The van der Waals surface area contributed by atoms with Crippen LogP contribution in [0.25, 0.3) is 6.08 Å². The molecule has 28 heavy (non-hydrogen) atoms. The molecule has 2 rings (SSSR count). The molecule has 0 spiro atoms. The van der Waals surface area contributed by atoms with Crippen LogP contribution in [0.2, 0.25) is 0 Å². The van der Waals surface area contributed by atoms with Crippen LogP contribution in [0.5, 0.6) is 0 Å². The molecule has 1 aromatic heterocycles. The van der Waals surface area contributed by atoms with Gasteiger partial charge in [-0.2, -0.15) is 0 Å². The lowest BCUT2D eigenvalue weighted by atomic mass is 10.1. The zero-order valence-electron chi connectivity index (χ0n) is 17.6. The molecule has 0 fully saturated rings. The highest BCUT2D eigenvalue weighted by molar-refractivity contribution is 5.49. The first-order valence-electron chi connectivity index (χ1n) is 11.2. The molecule has 1 unspecified atom stereocenters. The molecule has 1 heterocycles. The number of ether oxygens (including phenoxy) is 1. The fraction of sp³-hybridized carbons (Fsp3) is 0.560. The Balaban J connectivity index is 1.61. The molecule has 0 bridgehead atoms. The van der Waals surface area contributed by atoms with E-state index in [1.54, 1.807) is 0 Å². The summed E-state index contributed by atoms with van der Waals surface area (Å²) in [5, 5.41) is 0. The van der Waals surface area contributed by atoms with E-state index in [1.165, 1.54) is 63.4 Å². The van der Waals surface area contributed by atoms with Crippen molar-refractivity contribution in [2.45, 2.75) is 83.8 Å². The summed E-state index contributed by atoms with van der Waals surface area (Å²) in [6.45, 7) is 3.91. The summed E-state index contributed by atoms with van der Waals surface area (Å²) in [7, 11) is 0. The minimum Gasteiger partial charge on any atom is -0.372 e. The Morgan fingerprint density at radius 1 is 0.929 bits per heavy atom. The third kappa shape index (κ3) is 10.5. The molecule has 0 aliphatic rings. The summed E-state index contributed by atoms with van der Waals surface area (Å²) >= 11 is 0. The van der Waals surface area contributed by atoms with Gasteiger partial charge < -0.3 is 9.30 Å². The Hall–Kier alpha value is -1.87. The molecule has 0 amide bonds. The molecule has 1 atom stereocenters. The molecular weight excluding hydrogens is 344 g/mol. The number of benzene rings is 1. The predicted octanol–water partition coefficient (Wildman–Crippen LogP) is 6.90. The first-order chi connectivity index (χ1) is 13.9. The predicted molar refractivity (Wildman–Crippen MR) is 119 cm³/mol. The van der Waals surface area contributed by atoms with Crippen molar-refractivity contribution in [2.75, 3.05) is 6.61 Å². The minimum atomic E-state index is 0.0768. The summed E-state index contributed by atoms with van der Waals surface area (Å²) in [5.74, 6) is 0. The number of hydrogen-bond acceptors (Lipinski definition) is 2. The lowest BCUT2D eigenvalue weighted by molar-refractivity contribution is 0.0710. The van der Waals surface area contributed by atoms with Crippen molar-refractivity contribution in [1.82, 2.24) is 9.55 Å². The maximum atomic E-state index is 6.17. The van der Waals surface area contributed by atoms with Crippen LogP contribution < -0.4 is 0 Å². The van der Waals surface area contributed by atoms with Gasteiger partial charge >= 0.3 is 0 Å². The van der Waals surface area contributed by atoms with Crippen LogP contribution in [-0.2, 0) is 11.3 Å². The molecule has 154 valence electrons. The number of aromatic nitrogens is 2. The van der Waals surface area contributed by atoms with Crippen molar-refractivity contribution >= 4 is 6.08 Å². The van der Waals surface area contributed by atoms with E-state index in [-0.39, 0.29) is 6.10 Å². The van der Waals surface area contributed by atoms with Crippen LogP contribution in [0.1, 0.15) is 76.7 Å². The number of unbranched alkanes of at least 4 members (excludes halogenated alkanes) is 9. The van der Waals surface area contributed by atoms with E-state index in [0.29, 0.717) is 0 Å². The molecule has 3 heteroatoms. The Bertz CT molecular complexity index is 607. The van der Waals surface area contributed by atoms with Crippen LogP contribution in [0.4, 0.5) is 0 Å². The van der Waals surface area contributed by atoms with Gasteiger partial charge in [-0.05, 0) is 12.0 Å². The number of nitrogens with zero attached hydrogens (tertiary/aromatic N) is 2. The molecule has 0 aliphatic carbocycles. The zero-order chi connectivity index (χ0) is 19.7. The normalized spacial score (nSPS) is 12.6. The Morgan fingerprint density at radius 2 is 1.61 bits per heavy atom. The second-order valence-corrected chi connectivity index (χ2v) is 7.62. The van der Waals surface area contributed by atoms with Gasteiger partial charge in [0.15, 0.2) is 0 Å². The standard InChI is InChI=1S/C25H38N2O/c1-2-3-4-5-6-7-8-9-10-14-21-28-25(22-27-20-19-26-23-27)18-17-24-15-12-11-13-16-24/h11-13,15-20,23,25H,2-10,14,21-22H2,1H3. The average Bonchev–Trinajstić information content (AvgIpc) is 3.24. The lowest BCUT2D eigenvalue weighted by Crippen LogP contribution is -2.17. The molecular formula is C25H38N2O. The summed E-state index contributed by atoms with van der Waals surface area (Å²) < 4.78 is 8.26. The molecule has 0 aliphatic heterocycles. The SMILES string of the molecule is CCCCCCCCCCCCOC(C=Cc1ccccc1)Cn1ccnc1. The molecule has 0 saturated carbocycles. The highest BCUT2D eigenvalue weighted by atomic mass is 16.5. The minimum absolute atomic E-state index is 0.0768. The van der Waals surface area contributed by atoms with E-state index in [9.17, 15) is 0 Å². The van der Waals surface area contributed by atoms with Gasteiger partial charge in [-0.3, -0.25) is 0 Å². The number of hydrogen-bond donors (Lipinski definition) is 0. The summed E-state index contributed by atoms with van der Waals surface area (Å²) in [6, 6.07) is 10.4. The maximum absolute atomic E-state index is 6.17. The topological polar surface area (TPSA) is 27.1 Å². The lowest BCUT2D eigenvalue weighted by Gasteiger charge is -2.15. The smallest absolute Gasteiger partial charge is 0.0946 e. The van der Waals surface area contributed by atoms with Gasteiger partial charge in [-0.15, -0.1) is 0 Å². The second-order valence-electron chi connectivity index (χ2n) is 7.62. The van der Waals surface area contributed by atoms with Crippen LogP contribution in [0.15, 0.2) is 55.1 Å². The van der Waals surface area contributed by atoms with Gasteiger partial charge in [0.1, 0.15) is 0 Å². The summed E-state index contributed by atoms with van der Waals surface area (Å²) in [4.78, 5) is 4.14. The van der Waals surface area contributed by atoms with E-state index < -0.39 is 0 Å². The van der Waals surface area contributed by atoms with Crippen molar-refractivity contribution in [1.29, 1.82) is 0 Å². The monoisotopic (exact) mass is 382 g/mol. The zero-order valence-corrected chi connectivity index (χ0v) is 17.6. The van der Waals surface area contributed by atoms with Crippen molar-refractivity contribution in [2.24, 2.45) is 0 Å². The maximum Gasteiger partial charge on any atom is 0.0946 e. The third-order valence-corrected chi connectivity index (χ3v) is 5.08. The summed E-state index contributed by atoms with van der Waals surface area (Å²) in [6.07, 6.45) is 23.6. The third-order valence-electron chi connectivity index (χ3n) is 5.08. The molecule has 1 aromatic carbocycles. The van der Waals surface area contributed by atoms with Gasteiger partial charge in [0.05, 0.1) is 19.0 Å². The first-order valence-corrected chi connectivity index (χ1v) is 11.2. The fourth-order valence-corrected chi connectivity index (χ4v) is 3.38. The molecule has 0 radical (unpaired) electrons. The highest BCUT2D eigenvalue weighted by Gasteiger charge is 2.06. The Kier molecular flexibility index (Phi) is 12.1. The summed E-state index contributed by atoms with van der Waals surface area (Å²) in [5.41, 5.74) is 1.21. The number of imidazole rings is 1.